The summed E-state index contributed by atoms with van der Waals surface area (Å²) in [5.74, 6) is 0.651. The molecule has 2 aromatic heterocycles. The number of rotatable bonds is 8. The van der Waals surface area contributed by atoms with Gasteiger partial charge in [0.15, 0.2) is 4.96 Å². The summed E-state index contributed by atoms with van der Waals surface area (Å²) < 4.78 is 26.0. The lowest BCUT2D eigenvalue weighted by molar-refractivity contribution is -0.120. The molecule has 0 spiro atoms. The third-order valence-corrected chi connectivity index (χ3v) is 4.87. The number of carbonyl (C=O) groups excluding carboxylic acids is 1. The summed E-state index contributed by atoms with van der Waals surface area (Å²) >= 11 is 1.45. The number of fused-ring (bicyclic) bond motifs is 1. The fraction of sp³-hybridized carbons (Fsp3) is 0.143. The van der Waals surface area contributed by atoms with Crippen LogP contribution in [0.1, 0.15) is 0 Å². The van der Waals surface area contributed by atoms with Gasteiger partial charge in [-0.2, -0.15) is 0 Å². The molecule has 0 unspecified atom stereocenters. The van der Waals surface area contributed by atoms with Gasteiger partial charge in [0.25, 0.3) is 5.91 Å². The highest BCUT2D eigenvalue weighted by Crippen LogP contribution is 2.30. The van der Waals surface area contributed by atoms with Crippen LogP contribution in [0.15, 0.2) is 66.2 Å². The maximum absolute atomic E-state index is 13.2. The second-order valence-corrected chi connectivity index (χ2v) is 7.01. The number of halogens is 1. The highest BCUT2D eigenvalue weighted by molar-refractivity contribution is 7.15. The number of aromatic nitrogens is 2. The molecule has 2 aromatic carbocycles. The van der Waals surface area contributed by atoms with E-state index < -0.39 is 0 Å². The van der Waals surface area contributed by atoms with Crippen molar-refractivity contribution in [2.45, 2.75) is 0 Å². The second kappa shape index (κ2) is 8.85. The predicted molar refractivity (Wildman–Crippen MR) is 110 cm³/mol. The topological polar surface area (TPSA) is 64.9 Å². The molecule has 1 N–H and O–H groups in total. The number of amides is 1. The molecule has 0 bridgehead atoms. The summed E-state index contributed by atoms with van der Waals surface area (Å²) in [4.78, 5) is 17.7. The van der Waals surface area contributed by atoms with Gasteiger partial charge in [-0.05, 0) is 36.4 Å². The molecule has 0 atom stereocenters. The number of anilines is 1. The van der Waals surface area contributed by atoms with E-state index in [1.807, 2.05) is 41.9 Å². The Bertz CT molecular complexity index is 1090. The fourth-order valence-corrected chi connectivity index (χ4v) is 3.50. The number of carbonyl (C=O) groups is 1. The van der Waals surface area contributed by atoms with Crippen LogP contribution in [0.5, 0.6) is 5.75 Å². The Labute approximate surface area is 170 Å². The highest BCUT2D eigenvalue weighted by Gasteiger charge is 2.17. The molecule has 0 saturated heterocycles. The monoisotopic (exact) mass is 411 g/mol. The van der Waals surface area contributed by atoms with E-state index in [4.69, 9.17) is 9.47 Å². The van der Waals surface area contributed by atoms with Crippen molar-refractivity contribution in [1.29, 1.82) is 0 Å². The van der Waals surface area contributed by atoms with Crippen molar-refractivity contribution in [3.63, 3.8) is 0 Å². The molecule has 0 aliphatic rings. The average molecular weight is 411 g/mol. The number of hydrogen-bond donors (Lipinski definition) is 1. The number of nitrogens with one attached hydrogen (secondary N) is 1. The SMILES string of the molecule is O=C(COCCOc1ccccc1)Nc1c(-c2ccc(F)cc2)nc2sccn12. The van der Waals surface area contributed by atoms with E-state index in [0.717, 1.165) is 16.3 Å². The van der Waals surface area contributed by atoms with Crippen LogP contribution in [0.2, 0.25) is 0 Å². The van der Waals surface area contributed by atoms with Gasteiger partial charge in [0, 0.05) is 17.1 Å². The van der Waals surface area contributed by atoms with Crippen molar-refractivity contribution in [3.8, 4) is 17.0 Å². The Morgan fingerprint density at radius 1 is 1.10 bits per heavy atom. The van der Waals surface area contributed by atoms with Crippen LogP contribution in [0.25, 0.3) is 16.2 Å². The van der Waals surface area contributed by atoms with Crippen molar-refractivity contribution in [1.82, 2.24) is 9.38 Å². The molecular weight excluding hydrogens is 393 g/mol. The Balaban J connectivity index is 1.37. The summed E-state index contributed by atoms with van der Waals surface area (Å²) in [7, 11) is 0. The van der Waals surface area contributed by atoms with E-state index in [1.54, 1.807) is 16.5 Å². The van der Waals surface area contributed by atoms with Gasteiger partial charge in [-0.3, -0.25) is 9.20 Å². The van der Waals surface area contributed by atoms with Gasteiger partial charge in [-0.25, -0.2) is 9.37 Å². The minimum absolute atomic E-state index is 0.113. The minimum atomic E-state index is -0.327. The van der Waals surface area contributed by atoms with Gasteiger partial charge in [0.05, 0.1) is 6.61 Å². The van der Waals surface area contributed by atoms with Gasteiger partial charge >= 0.3 is 0 Å². The molecule has 4 aromatic rings. The predicted octanol–water partition coefficient (Wildman–Crippen LogP) is 4.24. The van der Waals surface area contributed by atoms with Crippen molar-refractivity contribution in [2.75, 3.05) is 25.1 Å². The standard InChI is InChI=1S/C21H18FN3O3S/c22-16-8-6-15(7-9-16)19-20(25-10-13-29-21(25)24-19)23-18(26)14-27-11-12-28-17-4-2-1-3-5-17/h1-10,13H,11-12,14H2,(H,23,26). The van der Waals surface area contributed by atoms with Crippen molar-refractivity contribution >= 4 is 28.0 Å². The zero-order valence-electron chi connectivity index (χ0n) is 15.4. The summed E-state index contributed by atoms with van der Waals surface area (Å²) in [6.45, 7) is 0.519. The zero-order chi connectivity index (χ0) is 20.1. The van der Waals surface area contributed by atoms with E-state index in [1.165, 1.54) is 23.5 Å². The van der Waals surface area contributed by atoms with Crippen LogP contribution < -0.4 is 10.1 Å². The first-order valence-corrected chi connectivity index (χ1v) is 9.85. The van der Waals surface area contributed by atoms with Gasteiger partial charge in [0.2, 0.25) is 0 Å². The number of thiazole rings is 1. The number of benzene rings is 2. The molecule has 0 saturated carbocycles. The van der Waals surface area contributed by atoms with Crippen molar-refractivity contribution in [2.24, 2.45) is 0 Å². The first kappa shape index (κ1) is 19.1. The van der Waals surface area contributed by atoms with Gasteiger partial charge in [-0.15, -0.1) is 11.3 Å². The summed E-state index contributed by atoms with van der Waals surface area (Å²) in [6.07, 6.45) is 1.82. The normalized spacial score (nSPS) is 10.9. The maximum Gasteiger partial charge on any atom is 0.251 e. The molecule has 0 fully saturated rings. The Morgan fingerprint density at radius 3 is 2.69 bits per heavy atom. The van der Waals surface area contributed by atoms with Crippen LogP contribution in [0, 0.1) is 5.82 Å². The summed E-state index contributed by atoms with van der Waals surface area (Å²) in [5, 5.41) is 4.73. The quantitative estimate of drug-likeness (QED) is 0.441. The van der Waals surface area contributed by atoms with E-state index in [0.29, 0.717) is 18.1 Å². The smallest absolute Gasteiger partial charge is 0.251 e. The van der Waals surface area contributed by atoms with Crippen LogP contribution in [-0.2, 0) is 9.53 Å². The first-order valence-electron chi connectivity index (χ1n) is 8.97. The van der Waals surface area contributed by atoms with E-state index >= 15 is 0 Å². The third-order valence-electron chi connectivity index (χ3n) is 4.11. The molecule has 1 amide bonds. The first-order chi connectivity index (χ1) is 14.2. The molecule has 6 nitrogen and oxygen atoms in total. The molecule has 148 valence electrons. The van der Waals surface area contributed by atoms with Crippen LogP contribution in [0.3, 0.4) is 0 Å². The van der Waals surface area contributed by atoms with Crippen LogP contribution in [0.4, 0.5) is 10.2 Å². The van der Waals surface area contributed by atoms with Crippen molar-refractivity contribution < 1.29 is 18.7 Å². The average Bonchev–Trinajstić information content (AvgIpc) is 3.32. The van der Waals surface area contributed by atoms with Gasteiger partial charge < -0.3 is 14.8 Å². The Kier molecular flexibility index (Phi) is 5.83. The number of para-hydroxylation sites is 1. The highest BCUT2D eigenvalue weighted by atomic mass is 32.1. The van der Waals surface area contributed by atoms with Gasteiger partial charge in [0.1, 0.15) is 36.3 Å². The maximum atomic E-state index is 13.2. The van der Waals surface area contributed by atoms with Crippen molar-refractivity contribution in [3.05, 3.63) is 72.0 Å². The number of imidazole rings is 1. The Morgan fingerprint density at radius 2 is 1.90 bits per heavy atom. The second-order valence-electron chi connectivity index (χ2n) is 6.13. The lowest BCUT2D eigenvalue weighted by Crippen LogP contribution is -2.21. The number of hydrogen-bond acceptors (Lipinski definition) is 5. The minimum Gasteiger partial charge on any atom is -0.491 e. The fourth-order valence-electron chi connectivity index (χ4n) is 2.78. The zero-order valence-corrected chi connectivity index (χ0v) is 16.2. The molecule has 2 heterocycles. The van der Waals surface area contributed by atoms with Crippen LogP contribution in [-0.4, -0.2) is 35.1 Å². The summed E-state index contributed by atoms with van der Waals surface area (Å²) in [6, 6.07) is 15.4. The molecular formula is C21H18FN3O3S. The number of ether oxygens (including phenoxy) is 2. The Hall–Kier alpha value is -3.23. The lowest BCUT2D eigenvalue weighted by Gasteiger charge is -2.09. The third kappa shape index (κ3) is 4.61. The molecule has 0 aliphatic carbocycles. The molecule has 8 heteroatoms. The van der Waals surface area contributed by atoms with Crippen LogP contribution >= 0.6 is 11.3 Å². The molecule has 4 rings (SSSR count). The van der Waals surface area contributed by atoms with E-state index in [2.05, 4.69) is 10.3 Å². The summed E-state index contributed by atoms with van der Waals surface area (Å²) in [5.41, 5.74) is 1.30. The molecule has 29 heavy (non-hydrogen) atoms. The van der Waals surface area contributed by atoms with Gasteiger partial charge in [-0.1, -0.05) is 18.2 Å². The molecule has 0 aliphatic heterocycles. The lowest BCUT2D eigenvalue weighted by atomic mass is 10.1. The largest absolute Gasteiger partial charge is 0.491 e. The van der Waals surface area contributed by atoms with E-state index in [9.17, 15) is 9.18 Å². The number of nitrogens with zero attached hydrogens (tertiary/aromatic N) is 2. The van der Waals surface area contributed by atoms with E-state index in [-0.39, 0.29) is 24.9 Å². The molecule has 0 radical (unpaired) electrons.